The first-order valence-corrected chi connectivity index (χ1v) is 17.4. The minimum Gasteiger partial charge on any atom is -0.379 e. The Hall–Kier alpha value is -2.48. The second-order valence-corrected chi connectivity index (χ2v) is 15.3. The van der Waals surface area contributed by atoms with Gasteiger partial charge in [-0.05, 0) is 56.2 Å². The number of halogens is 2. The van der Waals surface area contributed by atoms with Crippen LogP contribution in [-0.2, 0) is 24.6 Å². The molecule has 4 aliphatic heterocycles. The molecule has 240 valence electrons. The fraction of sp³-hybridized carbons (Fsp3) is 0.621. The summed E-state index contributed by atoms with van der Waals surface area (Å²) in [5, 5.41) is 3.08. The zero-order chi connectivity index (χ0) is 31.4. The number of hydrogen-bond acceptors (Lipinski definition) is 7. The lowest BCUT2D eigenvalue weighted by molar-refractivity contribution is -0.155. The van der Waals surface area contributed by atoms with Gasteiger partial charge in [0.05, 0.1) is 18.1 Å². The molecule has 6 rings (SSSR count). The Labute approximate surface area is 257 Å². The number of thiophene rings is 1. The van der Waals surface area contributed by atoms with Crippen LogP contribution in [0.4, 0.5) is 8.78 Å². The molecule has 3 atom stereocenters. The second kappa shape index (κ2) is 11.7. The third-order valence-corrected chi connectivity index (χ3v) is 11.7. The maximum absolute atomic E-state index is 14.3. The summed E-state index contributed by atoms with van der Waals surface area (Å²) in [6.45, 7) is 6.35. The molecule has 44 heavy (non-hydrogen) atoms. The maximum atomic E-state index is 14.3. The number of benzene rings is 1. The molecule has 5 heterocycles. The molecule has 3 N–H and O–H groups in total. The summed E-state index contributed by atoms with van der Waals surface area (Å²) in [6, 6.07) is 3.43. The van der Waals surface area contributed by atoms with E-state index in [9.17, 15) is 27.7 Å². The first-order chi connectivity index (χ1) is 20.8. The van der Waals surface area contributed by atoms with Crippen molar-refractivity contribution in [2.45, 2.75) is 74.8 Å². The molecule has 0 bridgehead atoms. The predicted octanol–water partition coefficient (Wildman–Crippen LogP) is 3.09. The van der Waals surface area contributed by atoms with Gasteiger partial charge < -0.3 is 29.6 Å². The average molecular weight is 655 g/mol. The topological polar surface area (TPSA) is 140 Å². The molecule has 0 spiro atoms. The van der Waals surface area contributed by atoms with Crippen LogP contribution in [0, 0.1) is 0 Å². The first kappa shape index (κ1) is 31.5. The Morgan fingerprint density at radius 2 is 1.84 bits per heavy atom. The van der Waals surface area contributed by atoms with Crippen LogP contribution in [0.5, 0.6) is 0 Å². The third-order valence-electron chi connectivity index (χ3n) is 9.62. The number of carbonyl (C=O) groups excluding carboxylic acids is 3. The van der Waals surface area contributed by atoms with Gasteiger partial charge in [-0.25, -0.2) is 0 Å². The van der Waals surface area contributed by atoms with Crippen LogP contribution >= 0.6 is 18.9 Å². The summed E-state index contributed by atoms with van der Waals surface area (Å²) in [5.41, 5.74) is -5.71. The first-order valence-electron chi connectivity index (χ1n) is 15.0. The molecule has 2 aromatic rings. The molecule has 3 amide bonds. The minimum atomic E-state index is -5.75. The van der Waals surface area contributed by atoms with Gasteiger partial charge in [-0.15, -0.1) is 11.3 Å². The lowest BCUT2D eigenvalue weighted by atomic mass is 9.88. The zero-order valence-corrected chi connectivity index (χ0v) is 26.1. The van der Waals surface area contributed by atoms with E-state index in [1.54, 1.807) is 4.90 Å². The molecule has 15 heteroatoms. The van der Waals surface area contributed by atoms with E-state index in [1.807, 2.05) is 11.8 Å². The van der Waals surface area contributed by atoms with Gasteiger partial charge in [0.15, 0.2) is 0 Å². The Balaban J connectivity index is 1.17. The molecular weight excluding hydrogens is 617 g/mol. The monoisotopic (exact) mass is 654 g/mol. The van der Waals surface area contributed by atoms with E-state index in [4.69, 9.17) is 14.5 Å². The van der Waals surface area contributed by atoms with Crippen molar-refractivity contribution in [3.63, 3.8) is 0 Å². The van der Waals surface area contributed by atoms with Crippen LogP contribution in [0.2, 0.25) is 0 Å². The smallest absolute Gasteiger partial charge is 0.379 e. The van der Waals surface area contributed by atoms with Crippen LogP contribution < -0.4 is 5.32 Å². The van der Waals surface area contributed by atoms with Gasteiger partial charge in [0.25, 0.3) is 5.91 Å². The zero-order valence-electron chi connectivity index (χ0n) is 24.4. The van der Waals surface area contributed by atoms with Crippen molar-refractivity contribution in [2.24, 2.45) is 0 Å². The summed E-state index contributed by atoms with van der Waals surface area (Å²) < 4.78 is 45.8. The second-order valence-electron chi connectivity index (χ2n) is 12.5. The number of amides is 3. The van der Waals surface area contributed by atoms with Crippen molar-refractivity contribution in [3.8, 4) is 0 Å². The van der Waals surface area contributed by atoms with Gasteiger partial charge in [-0.3, -0.25) is 23.8 Å². The molecule has 1 aromatic heterocycles. The summed E-state index contributed by atoms with van der Waals surface area (Å²) in [6.07, 6.45) is 4.02. The van der Waals surface area contributed by atoms with Gasteiger partial charge in [0.1, 0.15) is 12.1 Å². The van der Waals surface area contributed by atoms with E-state index in [-0.39, 0.29) is 22.1 Å². The highest BCUT2D eigenvalue weighted by Gasteiger charge is 2.53. The molecule has 11 nitrogen and oxygen atoms in total. The van der Waals surface area contributed by atoms with E-state index < -0.39 is 42.4 Å². The fourth-order valence-electron chi connectivity index (χ4n) is 7.01. The van der Waals surface area contributed by atoms with Crippen LogP contribution in [0.15, 0.2) is 24.3 Å². The van der Waals surface area contributed by atoms with E-state index in [1.165, 1.54) is 12.1 Å². The van der Waals surface area contributed by atoms with Crippen molar-refractivity contribution >= 4 is 46.7 Å². The van der Waals surface area contributed by atoms with Crippen LogP contribution in [0.3, 0.4) is 0 Å². The summed E-state index contributed by atoms with van der Waals surface area (Å²) in [7, 11) is -5.75. The highest BCUT2D eigenvalue weighted by Crippen LogP contribution is 2.59. The average Bonchev–Trinajstić information content (AvgIpc) is 3.53. The Kier molecular flexibility index (Phi) is 8.38. The number of rotatable bonds is 6. The highest BCUT2D eigenvalue weighted by atomic mass is 32.1. The number of nitrogens with zero attached hydrogens (tertiary/aromatic N) is 3. The Morgan fingerprint density at radius 1 is 1.11 bits per heavy atom. The minimum absolute atomic E-state index is 0.0512. The van der Waals surface area contributed by atoms with Crippen molar-refractivity contribution in [3.05, 3.63) is 34.7 Å². The lowest BCUT2D eigenvalue weighted by Gasteiger charge is -2.49. The Morgan fingerprint density at radius 3 is 2.55 bits per heavy atom. The number of alkyl halides is 2. The standard InChI is InChI=1S/C29H37F2N4O7PS/c1-28-8-3-2-4-21(32-25(36)24-15-18-14-19(5-6-23(18)44-24)29(30,31)43(39,40)41)26(37)35(28)22(7-9-28)27(38)34-16-20(17-34)33-10-12-42-13-11-33/h5-6,14-15,20-22H,2-4,7-13,16-17H2,1H3,(H,32,36)(H2,39,40,41)/t21-,22-,28-/m0/s1. The van der Waals surface area contributed by atoms with Gasteiger partial charge >= 0.3 is 13.3 Å². The summed E-state index contributed by atoms with van der Waals surface area (Å²) >= 11 is 1.03. The predicted molar refractivity (Wildman–Crippen MR) is 159 cm³/mol. The van der Waals surface area contributed by atoms with Crippen LogP contribution in [-0.4, -0.2) is 105 Å². The van der Waals surface area contributed by atoms with Crippen molar-refractivity contribution in [2.75, 3.05) is 39.4 Å². The molecule has 0 unspecified atom stereocenters. The molecule has 4 saturated heterocycles. The summed E-state index contributed by atoms with van der Waals surface area (Å²) in [5.74, 6) is -0.885. The Bertz CT molecular complexity index is 1510. The number of hydrogen-bond donors (Lipinski definition) is 3. The molecule has 4 fully saturated rings. The van der Waals surface area contributed by atoms with Gasteiger partial charge in [-0.1, -0.05) is 18.9 Å². The molecule has 0 aliphatic carbocycles. The largest absolute Gasteiger partial charge is 0.399 e. The van der Waals surface area contributed by atoms with Gasteiger partial charge in [0.2, 0.25) is 11.8 Å². The van der Waals surface area contributed by atoms with E-state index in [2.05, 4.69) is 10.2 Å². The summed E-state index contributed by atoms with van der Waals surface area (Å²) in [4.78, 5) is 65.4. The van der Waals surface area contributed by atoms with Gasteiger partial charge in [0, 0.05) is 48.0 Å². The maximum Gasteiger partial charge on any atom is 0.399 e. The molecule has 4 aliphatic rings. The van der Waals surface area contributed by atoms with E-state index in [0.717, 1.165) is 55.8 Å². The quantitative estimate of drug-likeness (QED) is 0.404. The van der Waals surface area contributed by atoms with Crippen LogP contribution in [0.1, 0.15) is 60.7 Å². The SMILES string of the molecule is C[C@@]12CCCC[C@H](NC(=O)c3cc4cc(C(F)(F)P(=O)(O)O)ccc4s3)C(=O)N1[C@H](C(=O)N1CC(N3CCOCC3)C1)CC2. The number of fused-ring (bicyclic) bond motifs is 2. The molecule has 0 radical (unpaired) electrons. The van der Waals surface area contributed by atoms with Crippen molar-refractivity contribution < 1.29 is 42.3 Å². The van der Waals surface area contributed by atoms with Crippen molar-refractivity contribution in [1.29, 1.82) is 0 Å². The van der Waals surface area contributed by atoms with E-state index in [0.29, 0.717) is 56.3 Å². The number of carbonyl (C=O) groups is 3. The van der Waals surface area contributed by atoms with Crippen LogP contribution in [0.25, 0.3) is 10.1 Å². The highest BCUT2D eigenvalue weighted by molar-refractivity contribution is 7.52. The number of morpholine rings is 1. The number of ether oxygens (including phenoxy) is 1. The molecule has 1 aromatic carbocycles. The van der Waals surface area contributed by atoms with E-state index >= 15 is 0 Å². The molecular formula is C29H37F2N4O7PS. The van der Waals surface area contributed by atoms with Crippen molar-refractivity contribution in [1.82, 2.24) is 20.0 Å². The third kappa shape index (κ3) is 5.69. The number of nitrogens with one attached hydrogen (secondary N) is 1. The number of likely N-dealkylation sites (tertiary alicyclic amines) is 1. The van der Waals surface area contributed by atoms with Gasteiger partial charge in [-0.2, -0.15) is 8.78 Å². The lowest BCUT2D eigenvalue weighted by Crippen LogP contribution is -2.66. The normalized spacial score (nSPS) is 27.5. The molecule has 0 saturated carbocycles. The fourth-order valence-corrected chi connectivity index (χ4v) is 8.43.